The molecule has 0 aromatic carbocycles. The van der Waals surface area contributed by atoms with Gasteiger partial charge in [0.05, 0.1) is 12.7 Å². The molecule has 1 nitrogen and oxygen atoms in total. The summed E-state index contributed by atoms with van der Waals surface area (Å²) >= 11 is 0. The Morgan fingerprint density at radius 2 is 1.62 bits per heavy atom. The third kappa shape index (κ3) is 2.70. The van der Waals surface area contributed by atoms with Crippen LogP contribution in [0.1, 0.15) is 53.4 Å². The maximum Gasteiger partial charge on any atom is 0.0528 e. The van der Waals surface area contributed by atoms with Crippen LogP contribution in [0.5, 0.6) is 0 Å². The normalized spacial score (nSPS) is 21.7. The molecule has 0 spiro atoms. The molecule has 0 N–H and O–H groups in total. The summed E-state index contributed by atoms with van der Waals surface area (Å²) in [4.78, 5) is 0. The van der Waals surface area contributed by atoms with Crippen molar-refractivity contribution in [2.75, 3.05) is 6.61 Å². The Bertz CT molecular complexity index is 143. The molecule has 1 fully saturated rings. The molecule has 13 heavy (non-hydrogen) atoms. The summed E-state index contributed by atoms with van der Waals surface area (Å²) in [7, 11) is 0. The third-order valence-corrected chi connectivity index (χ3v) is 3.53. The van der Waals surface area contributed by atoms with Crippen LogP contribution in [0, 0.1) is 11.3 Å². The number of ether oxygens (including phenoxy) is 1. The topological polar surface area (TPSA) is 9.23 Å². The van der Waals surface area contributed by atoms with Crippen LogP contribution in [0.25, 0.3) is 0 Å². The molecule has 0 unspecified atom stereocenters. The second-order valence-corrected chi connectivity index (χ2v) is 5.08. The lowest BCUT2D eigenvalue weighted by atomic mass is 9.76. The van der Waals surface area contributed by atoms with Crippen LogP contribution in [0.2, 0.25) is 0 Å². The highest BCUT2D eigenvalue weighted by Crippen LogP contribution is 2.44. The maximum absolute atomic E-state index is 5.79. The molecule has 0 saturated heterocycles. The zero-order valence-corrected chi connectivity index (χ0v) is 9.60. The summed E-state index contributed by atoms with van der Waals surface area (Å²) in [6, 6.07) is 0. The van der Waals surface area contributed by atoms with E-state index < -0.39 is 0 Å². The van der Waals surface area contributed by atoms with Gasteiger partial charge in [-0.3, -0.25) is 0 Å². The monoisotopic (exact) mass is 184 g/mol. The van der Waals surface area contributed by atoms with Gasteiger partial charge in [-0.1, -0.05) is 26.7 Å². The van der Waals surface area contributed by atoms with Crippen LogP contribution in [-0.2, 0) is 4.74 Å². The third-order valence-electron chi connectivity index (χ3n) is 3.53. The number of rotatable bonds is 4. The molecule has 1 aliphatic carbocycles. The molecule has 1 heteroatoms. The Morgan fingerprint density at radius 1 is 1.08 bits per heavy atom. The molecule has 0 aromatic heterocycles. The van der Waals surface area contributed by atoms with E-state index in [1.807, 2.05) is 0 Å². The first-order chi connectivity index (χ1) is 6.07. The summed E-state index contributed by atoms with van der Waals surface area (Å²) < 4.78 is 5.79. The van der Waals surface area contributed by atoms with Crippen molar-refractivity contribution >= 4 is 0 Å². The molecular weight excluding hydrogens is 160 g/mol. The van der Waals surface area contributed by atoms with E-state index in [2.05, 4.69) is 27.7 Å². The molecule has 0 heterocycles. The average Bonchev–Trinajstić information content (AvgIpc) is 2.50. The summed E-state index contributed by atoms with van der Waals surface area (Å²) in [5.74, 6) is 0.772. The quantitative estimate of drug-likeness (QED) is 0.648. The molecule has 0 bridgehead atoms. The lowest BCUT2D eigenvalue weighted by molar-refractivity contribution is -0.0123. The van der Waals surface area contributed by atoms with Gasteiger partial charge in [0, 0.05) is 0 Å². The molecule has 0 atom stereocenters. The lowest BCUT2D eigenvalue weighted by Crippen LogP contribution is -2.30. The van der Waals surface area contributed by atoms with Crippen LogP contribution in [0.15, 0.2) is 0 Å². The summed E-state index contributed by atoms with van der Waals surface area (Å²) in [6.07, 6.45) is 5.94. The number of hydrogen-bond acceptors (Lipinski definition) is 1. The van der Waals surface area contributed by atoms with Crippen molar-refractivity contribution in [3.63, 3.8) is 0 Å². The van der Waals surface area contributed by atoms with E-state index in [9.17, 15) is 0 Å². The van der Waals surface area contributed by atoms with E-state index in [0.29, 0.717) is 11.5 Å². The first kappa shape index (κ1) is 11.0. The molecule has 1 aliphatic rings. The Balaban J connectivity index is 2.47. The zero-order valence-electron chi connectivity index (χ0n) is 9.60. The van der Waals surface area contributed by atoms with E-state index in [-0.39, 0.29) is 0 Å². The minimum atomic E-state index is 0.385. The highest BCUT2D eigenvalue weighted by molar-refractivity contribution is 4.87. The molecule has 1 rings (SSSR count). The molecular formula is C12H24O. The fraction of sp³-hybridized carbons (Fsp3) is 1.00. The fourth-order valence-corrected chi connectivity index (χ4v) is 2.30. The van der Waals surface area contributed by atoms with E-state index in [0.717, 1.165) is 12.5 Å². The molecule has 78 valence electrons. The van der Waals surface area contributed by atoms with Crippen molar-refractivity contribution in [3.05, 3.63) is 0 Å². The molecule has 0 aromatic rings. The van der Waals surface area contributed by atoms with Crippen molar-refractivity contribution in [3.8, 4) is 0 Å². The van der Waals surface area contributed by atoms with Crippen LogP contribution >= 0.6 is 0 Å². The van der Waals surface area contributed by atoms with Gasteiger partial charge in [0.15, 0.2) is 0 Å². The first-order valence-electron chi connectivity index (χ1n) is 5.68. The Morgan fingerprint density at radius 3 is 2.00 bits per heavy atom. The Hall–Kier alpha value is -0.0400. The average molecular weight is 184 g/mol. The second-order valence-electron chi connectivity index (χ2n) is 5.08. The van der Waals surface area contributed by atoms with Gasteiger partial charge in [-0.2, -0.15) is 0 Å². The van der Waals surface area contributed by atoms with Gasteiger partial charge in [0.25, 0.3) is 0 Å². The van der Waals surface area contributed by atoms with Crippen molar-refractivity contribution in [2.45, 2.75) is 59.5 Å². The van der Waals surface area contributed by atoms with Crippen molar-refractivity contribution in [2.24, 2.45) is 11.3 Å². The number of hydrogen-bond donors (Lipinski definition) is 0. The van der Waals surface area contributed by atoms with Gasteiger partial charge in [-0.05, 0) is 38.0 Å². The highest BCUT2D eigenvalue weighted by Gasteiger charge is 2.37. The predicted octanol–water partition coefficient (Wildman–Crippen LogP) is 3.63. The predicted molar refractivity (Wildman–Crippen MR) is 56.8 cm³/mol. The second kappa shape index (κ2) is 4.45. The van der Waals surface area contributed by atoms with Gasteiger partial charge in [0.2, 0.25) is 0 Å². The van der Waals surface area contributed by atoms with E-state index in [4.69, 9.17) is 4.74 Å². The minimum Gasteiger partial charge on any atom is -0.378 e. The van der Waals surface area contributed by atoms with Crippen LogP contribution < -0.4 is 0 Å². The van der Waals surface area contributed by atoms with Gasteiger partial charge >= 0.3 is 0 Å². The van der Waals surface area contributed by atoms with Crippen molar-refractivity contribution in [1.82, 2.24) is 0 Å². The van der Waals surface area contributed by atoms with Crippen molar-refractivity contribution in [1.29, 1.82) is 0 Å². The molecule has 0 radical (unpaired) electrons. The van der Waals surface area contributed by atoms with Crippen molar-refractivity contribution < 1.29 is 4.74 Å². The van der Waals surface area contributed by atoms with Crippen LogP contribution in [-0.4, -0.2) is 12.7 Å². The SMILES string of the molecule is CC(C)OCC1(C(C)C)CCCC1. The minimum absolute atomic E-state index is 0.385. The zero-order chi connectivity index (χ0) is 9.90. The summed E-state index contributed by atoms with van der Waals surface area (Å²) in [6.45, 7) is 9.91. The van der Waals surface area contributed by atoms with E-state index in [1.165, 1.54) is 25.7 Å². The largest absolute Gasteiger partial charge is 0.378 e. The van der Waals surface area contributed by atoms with E-state index in [1.54, 1.807) is 0 Å². The standard InChI is InChI=1S/C12H24O/c1-10(2)12(7-5-6-8-12)9-13-11(3)4/h10-11H,5-9H2,1-4H3. The Labute approximate surface area is 82.9 Å². The molecule has 0 amide bonds. The highest BCUT2D eigenvalue weighted by atomic mass is 16.5. The maximum atomic E-state index is 5.79. The molecule has 1 saturated carbocycles. The molecule has 0 aliphatic heterocycles. The summed E-state index contributed by atoms with van der Waals surface area (Å²) in [5, 5.41) is 0. The van der Waals surface area contributed by atoms with Gasteiger partial charge in [0.1, 0.15) is 0 Å². The summed E-state index contributed by atoms with van der Waals surface area (Å²) in [5.41, 5.74) is 0.504. The van der Waals surface area contributed by atoms with Gasteiger partial charge in [-0.15, -0.1) is 0 Å². The van der Waals surface area contributed by atoms with Crippen LogP contribution in [0.3, 0.4) is 0 Å². The smallest absolute Gasteiger partial charge is 0.0528 e. The first-order valence-corrected chi connectivity index (χ1v) is 5.68. The van der Waals surface area contributed by atoms with Gasteiger partial charge in [-0.25, -0.2) is 0 Å². The fourth-order valence-electron chi connectivity index (χ4n) is 2.30. The van der Waals surface area contributed by atoms with Crippen LogP contribution in [0.4, 0.5) is 0 Å². The lowest BCUT2D eigenvalue weighted by Gasteiger charge is -2.33. The van der Waals surface area contributed by atoms with Gasteiger partial charge < -0.3 is 4.74 Å². The van der Waals surface area contributed by atoms with E-state index >= 15 is 0 Å². The Kier molecular flexibility index (Phi) is 3.78.